The molecule has 0 amide bonds. The maximum Gasteiger partial charge on any atom is 0.0518 e. The van der Waals surface area contributed by atoms with Crippen molar-refractivity contribution in [1.82, 2.24) is 0 Å². The molecule has 2 atom stereocenters. The van der Waals surface area contributed by atoms with Gasteiger partial charge in [0.1, 0.15) is 0 Å². The summed E-state index contributed by atoms with van der Waals surface area (Å²) in [6.07, 6.45) is 2.43. The molecule has 1 fully saturated rings. The first-order chi connectivity index (χ1) is 22.0. The molecule has 0 radical (unpaired) electrons. The molecule has 214 valence electrons. The third-order valence-corrected chi connectivity index (χ3v) is 11.7. The summed E-state index contributed by atoms with van der Waals surface area (Å²) in [4.78, 5) is 2.62. The van der Waals surface area contributed by atoms with Gasteiger partial charge in [0.25, 0.3) is 0 Å². The Morgan fingerprint density at radius 1 is 0.489 bits per heavy atom. The number of fused-ring (bicyclic) bond motifs is 4. The molecule has 0 bridgehead atoms. The zero-order valence-corrected chi connectivity index (χ0v) is 25.6. The first kappa shape index (κ1) is 25.2. The largest absolute Gasteiger partial charge is 0.334 e. The fraction of sp³-hybridized carbons (Fsp3) is 0.136. The van der Waals surface area contributed by atoms with Gasteiger partial charge < -0.3 is 4.90 Å². The number of nitrogens with zero attached hydrogens (tertiary/aromatic N) is 1. The second-order valence-electron chi connectivity index (χ2n) is 13.7. The summed E-state index contributed by atoms with van der Waals surface area (Å²) >= 11 is 0. The topological polar surface area (TPSA) is 3.24 Å². The maximum atomic E-state index is 2.62. The zero-order chi connectivity index (χ0) is 29.9. The van der Waals surface area contributed by atoms with Crippen LogP contribution in [0.15, 0.2) is 140 Å². The molecule has 0 aromatic heterocycles. The average Bonchev–Trinajstić information content (AvgIpc) is 3.22. The summed E-state index contributed by atoms with van der Waals surface area (Å²) in [5.41, 5.74) is 9.60. The van der Waals surface area contributed by atoms with Gasteiger partial charge in [0.2, 0.25) is 0 Å². The molecule has 45 heavy (non-hydrogen) atoms. The van der Waals surface area contributed by atoms with Crippen LogP contribution in [0.4, 0.5) is 11.4 Å². The Hall–Kier alpha value is -5.14. The molecular formula is C44H33N. The molecule has 1 saturated carbocycles. The highest BCUT2D eigenvalue weighted by molar-refractivity contribution is 6.28. The van der Waals surface area contributed by atoms with Gasteiger partial charge >= 0.3 is 0 Å². The van der Waals surface area contributed by atoms with E-state index in [0.717, 1.165) is 0 Å². The third-order valence-electron chi connectivity index (χ3n) is 11.7. The molecule has 2 unspecified atom stereocenters. The molecule has 8 aromatic rings. The Morgan fingerprint density at radius 3 is 1.89 bits per heavy atom. The highest BCUT2D eigenvalue weighted by Gasteiger charge is 2.63. The van der Waals surface area contributed by atoms with Gasteiger partial charge in [-0.15, -0.1) is 0 Å². The van der Waals surface area contributed by atoms with Gasteiger partial charge in [-0.25, -0.2) is 0 Å². The van der Waals surface area contributed by atoms with Crippen molar-refractivity contribution in [3.05, 3.63) is 145 Å². The fourth-order valence-corrected chi connectivity index (χ4v) is 9.00. The highest BCUT2D eigenvalue weighted by Crippen LogP contribution is 2.65. The van der Waals surface area contributed by atoms with Crippen LogP contribution in [0.3, 0.4) is 0 Å². The lowest BCUT2D eigenvalue weighted by atomic mass is 9.55. The van der Waals surface area contributed by atoms with Crippen LogP contribution in [0.1, 0.15) is 32.3 Å². The van der Waals surface area contributed by atoms with Crippen molar-refractivity contribution in [2.75, 3.05) is 4.90 Å². The summed E-state index contributed by atoms with van der Waals surface area (Å²) in [5.74, 6) is 0. The number of hydrogen-bond acceptors (Lipinski definition) is 1. The molecule has 1 heteroatoms. The lowest BCUT2D eigenvalue weighted by molar-refractivity contribution is 0.133. The number of benzene rings is 8. The SMILES string of the molecule is CC12CCC1(C)N(c1ccccc1)c1ccc(-c3ccc4ccc5c(-c6cccc7ccccc67)ccc6ccc3c4c65)cc12. The van der Waals surface area contributed by atoms with E-state index < -0.39 is 0 Å². The summed E-state index contributed by atoms with van der Waals surface area (Å²) in [6.45, 7) is 4.95. The molecule has 2 aliphatic rings. The summed E-state index contributed by atoms with van der Waals surface area (Å²) in [7, 11) is 0. The van der Waals surface area contributed by atoms with Gasteiger partial charge in [-0.05, 0) is 115 Å². The molecule has 1 aliphatic heterocycles. The number of para-hydroxylation sites is 1. The molecular weight excluding hydrogens is 542 g/mol. The Labute approximate surface area is 263 Å². The van der Waals surface area contributed by atoms with Gasteiger partial charge in [0, 0.05) is 16.8 Å². The van der Waals surface area contributed by atoms with Gasteiger partial charge in [-0.1, -0.05) is 122 Å². The van der Waals surface area contributed by atoms with E-state index in [9.17, 15) is 0 Å². The third kappa shape index (κ3) is 3.18. The van der Waals surface area contributed by atoms with Gasteiger partial charge in [-0.3, -0.25) is 0 Å². The van der Waals surface area contributed by atoms with Gasteiger partial charge in [-0.2, -0.15) is 0 Å². The molecule has 8 aromatic carbocycles. The Bertz CT molecular complexity index is 2470. The average molecular weight is 576 g/mol. The summed E-state index contributed by atoms with van der Waals surface area (Å²) < 4.78 is 0. The maximum absolute atomic E-state index is 2.62. The standard InChI is InChI=1S/C44H33N/c1-43-25-26-44(43,2)45(32-11-4-3-5-12-32)40-24-19-31(27-39(40)43)34-20-15-29-18-23-38-36(21-16-30-17-22-37(34)41(29)42(30)38)35-14-8-10-28-9-6-7-13-33(28)35/h3-24,27H,25-26H2,1-2H3. The first-order valence-electron chi connectivity index (χ1n) is 16.2. The van der Waals surface area contributed by atoms with Crippen molar-refractivity contribution in [2.45, 2.75) is 37.6 Å². The van der Waals surface area contributed by atoms with E-state index >= 15 is 0 Å². The van der Waals surface area contributed by atoms with E-state index in [1.807, 2.05) is 0 Å². The monoisotopic (exact) mass is 575 g/mol. The molecule has 0 spiro atoms. The van der Waals surface area contributed by atoms with Crippen LogP contribution >= 0.6 is 0 Å². The normalized spacial score (nSPS) is 20.6. The Kier molecular flexibility index (Phi) is 4.89. The number of hydrogen-bond donors (Lipinski definition) is 0. The molecule has 0 saturated heterocycles. The van der Waals surface area contributed by atoms with E-state index in [1.54, 1.807) is 0 Å². The minimum atomic E-state index is 0.0932. The van der Waals surface area contributed by atoms with E-state index in [-0.39, 0.29) is 11.0 Å². The molecule has 0 N–H and O–H groups in total. The fourth-order valence-electron chi connectivity index (χ4n) is 9.00. The van der Waals surface area contributed by atoms with Crippen LogP contribution in [-0.2, 0) is 5.41 Å². The minimum absolute atomic E-state index is 0.0932. The lowest BCUT2D eigenvalue weighted by Gasteiger charge is -2.56. The van der Waals surface area contributed by atoms with Crippen LogP contribution in [0.25, 0.3) is 65.3 Å². The van der Waals surface area contributed by atoms with Crippen LogP contribution in [0.2, 0.25) is 0 Å². The summed E-state index contributed by atoms with van der Waals surface area (Å²) in [6, 6.07) is 52.3. The van der Waals surface area contributed by atoms with Gasteiger partial charge in [0.05, 0.1) is 5.54 Å². The second-order valence-corrected chi connectivity index (χ2v) is 13.7. The molecule has 1 heterocycles. The molecule has 10 rings (SSSR count). The predicted molar refractivity (Wildman–Crippen MR) is 192 cm³/mol. The van der Waals surface area contributed by atoms with Crippen LogP contribution in [0, 0.1) is 0 Å². The van der Waals surface area contributed by atoms with Crippen LogP contribution in [0.5, 0.6) is 0 Å². The van der Waals surface area contributed by atoms with Crippen LogP contribution in [-0.4, -0.2) is 5.54 Å². The quantitative estimate of drug-likeness (QED) is 0.189. The highest BCUT2D eigenvalue weighted by atomic mass is 15.3. The predicted octanol–water partition coefficient (Wildman–Crippen LogP) is 12.0. The van der Waals surface area contributed by atoms with Crippen molar-refractivity contribution in [3.63, 3.8) is 0 Å². The van der Waals surface area contributed by atoms with Crippen molar-refractivity contribution in [1.29, 1.82) is 0 Å². The zero-order valence-electron chi connectivity index (χ0n) is 25.6. The van der Waals surface area contributed by atoms with Gasteiger partial charge in [0.15, 0.2) is 0 Å². The Morgan fingerprint density at radius 2 is 1.13 bits per heavy atom. The first-order valence-corrected chi connectivity index (χ1v) is 16.2. The van der Waals surface area contributed by atoms with E-state index in [1.165, 1.54) is 95.1 Å². The van der Waals surface area contributed by atoms with E-state index in [2.05, 4.69) is 158 Å². The summed E-state index contributed by atoms with van der Waals surface area (Å²) in [5, 5.41) is 10.6. The Balaban J connectivity index is 1.19. The van der Waals surface area contributed by atoms with Crippen LogP contribution < -0.4 is 4.90 Å². The van der Waals surface area contributed by atoms with Crippen molar-refractivity contribution < 1.29 is 0 Å². The number of anilines is 2. The second kappa shape index (κ2) is 8.73. The van der Waals surface area contributed by atoms with Crippen molar-refractivity contribution in [3.8, 4) is 22.3 Å². The lowest BCUT2D eigenvalue weighted by Crippen LogP contribution is -2.60. The smallest absolute Gasteiger partial charge is 0.0518 e. The van der Waals surface area contributed by atoms with Crippen molar-refractivity contribution >= 4 is 54.5 Å². The van der Waals surface area contributed by atoms with E-state index in [4.69, 9.17) is 0 Å². The number of rotatable bonds is 3. The minimum Gasteiger partial charge on any atom is -0.334 e. The molecule has 1 nitrogen and oxygen atoms in total. The molecule has 1 aliphatic carbocycles. The van der Waals surface area contributed by atoms with E-state index in [0.29, 0.717) is 0 Å². The van der Waals surface area contributed by atoms with Crippen molar-refractivity contribution in [2.24, 2.45) is 0 Å².